The Balaban J connectivity index is 1.21. The van der Waals surface area contributed by atoms with Gasteiger partial charge in [-0.2, -0.15) is 0 Å². The summed E-state index contributed by atoms with van der Waals surface area (Å²) in [5.74, 6) is -0.325. The minimum Gasteiger partial charge on any atom is -0.486 e. The predicted octanol–water partition coefficient (Wildman–Crippen LogP) is 3.71. The Morgan fingerprint density at radius 3 is 2.65 bits per heavy atom. The monoisotopic (exact) mass is 674 g/mol. The molecule has 0 spiro atoms. The molecule has 1 aliphatic carbocycles. The SMILES string of the molecule is COCC1(CNC(=O)c2cc3cc(c2)C(=O)N[C@H]2CN(C(=O)CCCc4cccs4)C[C@@H]2Oc2ccc(cc2)CNC(=O)CO3)CCC1. The summed E-state index contributed by atoms with van der Waals surface area (Å²) < 4.78 is 17.6. The van der Waals surface area contributed by atoms with Crippen LogP contribution in [0.15, 0.2) is 60.0 Å². The summed E-state index contributed by atoms with van der Waals surface area (Å²) in [5, 5.41) is 10.9. The summed E-state index contributed by atoms with van der Waals surface area (Å²) in [7, 11) is 1.66. The molecule has 3 aliphatic heterocycles. The second-order valence-corrected chi connectivity index (χ2v) is 13.9. The van der Waals surface area contributed by atoms with Gasteiger partial charge < -0.3 is 35.1 Å². The van der Waals surface area contributed by atoms with Gasteiger partial charge in [0.05, 0.1) is 19.2 Å². The van der Waals surface area contributed by atoms with Crippen LogP contribution in [0.4, 0.5) is 0 Å². The molecule has 2 aromatic carbocycles. The molecule has 4 bridgehead atoms. The molecule has 3 aromatic rings. The van der Waals surface area contributed by atoms with Crippen LogP contribution in [-0.2, 0) is 27.3 Å². The molecular formula is C36H42N4O7S. The summed E-state index contributed by atoms with van der Waals surface area (Å²) in [4.78, 5) is 56.1. The molecule has 1 aromatic heterocycles. The van der Waals surface area contributed by atoms with Gasteiger partial charge in [0, 0.05) is 54.6 Å². The zero-order valence-electron chi connectivity index (χ0n) is 27.1. The van der Waals surface area contributed by atoms with E-state index >= 15 is 0 Å². The number of amides is 4. The van der Waals surface area contributed by atoms with Gasteiger partial charge in [-0.3, -0.25) is 19.2 Å². The Hall–Kier alpha value is -4.42. The standard InChI is InChI=1S/C36H42N4O7S/c1-45-23-36(12-4-13-36)22-38-34(43)25-15-26-17-28(16-25)46-21-32(41)37-18-24-8-10-27(11-9-24)47-31-20-40(19-30(31)39-35(26)44)33(42)7-2-5-29-6-3-14-48-29/h3,6,8-11,14-17,30-31H,2,4-5,7,12-13,18-23H2,1H3,(H,37,41)(H,38,43)(H,39,44)/t30-,31-/m0/s1. The van der Waals surface area contributed by atoms with Crippen LogP contribution in [0.1, 0.15) is 63.3 Å². The van der Waals surface area contributed by atoms with Gasteiger partial charge in [0.15, 0.2) is 6.61 Å². The number of nitrogens with zero attached hydrogens (tertiary/aromatic N) is 1. The molecular weight excluding hydrogens is 632 g/mol. The third-order valence-electron chi connectivity index (χ3n) is 9.32. The number of benzene rings is 2. The molecule has 254 valence electrons. The number of carbonyl (C=O) groups is 4. The molecule has 2 atom stereocenters. The van der Waals surface area contributed by atoms with Crippen molar-refractivity contribution in [1.29, 1.82) is 0 Å². The van der Waals surface area contributed by atoms with Crippen molar-refractivity contribution in [3.05, 3.63) is 81.5 Å². The van der Waals surface area contributed by atoms with Crippen LogP contribution in [0.2, 0.25) is 0 Å². The molecule has 0 radical (unpaired) electrons. The first-order valence-electron chi connectivity index (χ1n) is 16.5. The van der Waals surface area contributed by atoms with Crippen molar-refractivity contribution in [3.63, 3.8) is 0 Å². The number of methoxy groups -OCH3 is 1. The lowest BCUT2D eigenvalue weighted by Crippen LogP contribution is -2.45. The topological polar surface area (TPSA) is 135 Å². The number of ether oxygens (including phenoxy) is 3. The summed E-state index contributed by atoms with van der Waals surface area (Å²) in [6.45, 7) is 1.61. The van der Waals surface area contributed by atoms with Gasteiger partial charge in [-0.1, -0.05) is 24.6 Å². The normalized spacial score (nSPS) is 20.3. The molecule has 1 saturated carbocycles. The number of thiophene rings is 1. The summed E-state index contributed by atoms with van der Waals surface area (Å²) in [5.41, 5.74) is 1.21. The van der Waals surface area contributed by atoms with E-state index < -0.39 is 18.1 Å². The van der Waals surface area contributed by atoms with Crippen molar-refractivity contribution in [2.24, 2.45) is 5.41 Å². The lowest BCUT2D eigenvalue weighted by Gasteiger charge is -2.41. The molecule has 4 heterocycles. The zero-order valence-corrected chi connectivity index (χ0v) is 27.9. The van der Waals surface area contributed by atoms with Crippen LogP contribution in [0.5, 0.6) is 11.5 Å². The Bertz CT molecular complexity index is 1610. The predicted molar refractivity (Wildman–Crippen MR) is 180 cm³/mol. The number of likely N-dealkylation sites (tertiary alicyclic amines) is 1. The van der Waals surface area contributed by atoms with Gasteiger partial charge in [-0.15, -0.1) is 11.3 Å². The van der Waals surface area contributed by atoms with E-state index in [1.807, 2.05) is 35.7 Å². The zero-order chi connectivity index (χ0) is 33.5. The number of hydrogen-bond donors (Lipinski definition) is 3. The Morgan fingerprint density at radius 2 is 1.92 bits per heavy atom. The second-order valence-electron chi connectivity index (χ2n) is 12.9. The first kappa shape index (κ1) is 33.5. The van der Waals surface area contributed by atoms with E-state index in [1.54, 1.807) is 23.3 Å². The molecule has 0 unspecified atom stereocenters. The minimum atomic E-state index is -0.508. The highest BCUT2D eigenvalue weighted by molar-refractivity contribution is 7.09. The van der Waals surface area contributed by atoms with Crippen LogP contribution in [-0.4, -0.2) is 80.6 Å². The van der Waals surface area contributed by atoms with Crippen molar-refractivity contribution in [2.45, 2.75) is 57.2 Å². The summed E-state index contributed by atoms with van der Waals surface area (Å²) >= 11 is 1.68. The lowest BCUT2D eigenvalue weighted by atomic mass is 9.69. The molecule has 1 saturated heterocycles. The third-order valence-corrected chi connectivity index (χ3v) is 10.3. The van der Waals surface area contributed by atoms with Crippen molar-refractivity contribution in [3.8, 4) is 11.5 Å². The second kappa shape index (κ2) is 15.2. The van der Waals surface area contributed by atoms with Crippen molar-refractivity contribution in [1.82, 2.24) is 20.9 Å². The molecule has 11 nitrogen and oxygen atoms in total. The highest BCUT2D eigenvalue weighted by atomic mass is 32.1. The van der Waals surface area contributed by atoms with Gasteiger partial charge >= 0.3 is 0 Å². The van der Waals surface area contributed by atoms with Crippen molar-refractivity contribution < 1.29 is 33.4 Å². The van der Waals surface area contributed by atoms with Gasteiger partial charge in [0.25, 0.3) is 17.7 Å². The number of hydrogen-bond acceptors (Lipinski definition) is 8. The molecule has 7 rings (SSSR count). The Labute approximate surface area is 284 Å². The van der Waals surface area contributed by atoms with E-state index in [0.29, 0.717) is 38.4 Å². The largest absolute Gasteiger partial charge is 0.486 e. The Kier molecular flexibility index (Phi) is 10.6. The van der Waals surface area contributed by atoms with Gasteiger partial charge in [0.1, 0.15) is 17.6 Å². The quantitative estimate of drug-likeness (QED) is 0.315. The fourth-order valence-electron chi connectivity index (χ4n) is 6.44. The van der Waals surface area contributed by atoms with Crippen LogP contribution < -0.4 is 25.4 Å². The smallest absolute Gasteiger partial charge is 0.258 e. The molecule has 4 amide bonds. The van der Waals surface area contributed by atoms with E-state index in [-0.39, 0.29) is 53.2 Å². The fourth-order valence-corrected chi connectivity index (χ4v) is 7.20. The average molecular weight is 675 g/mol. The molecule has 48 heavy (non-hydrogen) atoms. The average Bonchev–Trinajstić information content (AvgIpc) is 3.74. The van der Waals surface area contributed by atoms with E-state index in [4.69, 9.17) is 14.2 Å². The van der Waals surface area contributed by atoms with Gasteiger partial charge in [-0.25, -0.2) is 0 Å². The van der Waals surface area contributed by atoms with Crippen molar-refractivity contribution >= 4 is 35.0 Å². The maximum absolute atomic E-state index is 13.8. The number of rotatable bonds is 9. The number of nitrogens with one attached hydrogen (secondary N) is 3. The van der Waals surface area contributed by atoms with Crippen LogP contribution in [0, 0.1) is 5.41 Å². The van der Waals surface area contributed by atoms with Crippen LogP contribution >= 0.6 is 11.3 Å². The maximum atomic E-state index is 13.8. The first-order chi connectivity index (χ1) is 23.3. The van der Waals surface area contributed by atoms with Gasteiger partial charge in [-0.05, 0) is 73.0 Å². The first-order valence-corrected chi connectivity index (χ1v) is 17.4. The summed E-state index contributed by atoms with van der Waals surface area (Å²) in [6, 6.07) is 15.5. The van der Waals surface area contributed by atoms with Crippen LogP contribution in [0.3, 0.4) is 0 Å². The fraction of sp³-hybridized carbons (Fsp3) is 0.444. The molecule has 4 aliphatic rings. The third kappa shape index (κ3) is 8.35. The Morgan fingerprint density at radius 1 is 1.08 bits per heavy atom. The van der Waals surface area contributed by atoms with Crippen molar-refractivity contribution in [2.75, 3.05) is 40.0 Å². The van der Waals surface area contributed by atoms with Gasteiger partial charge in [0.2, 0.25) is 5.91 Å². The maximum Gasteiger partial charge on any atom is 0.258 e. The highest BCUT2D eigenvalue weighted by Crippen LogP contribution is 2.40. The lowest BCUT2D eigenvalue weighted by molar-refractivity contribution is -0.130. The summed E-state index contributed by atoms with van der Waals surface area (Å²) in [6.07, 6.45) is 4.49. The molecule has 3 N–H and O–H groups in total. The van der Waals surface area contributed by atoms with E-state index in [0.717, 1.165) is 37.7 Å². The van der Waals surface area contributed by atoms with E-state index in [2.05, 4.69) is 22.0 Å². The number of fused-ring (bicyclic) bond motifs is 7. The molecule has 2 fully saturated rings. The van der Waals surface area contributed by atoms with E-state index in [9.17, 15) is 19.2 Å². The molecule has 12 heteroatoms. The number of carbonyl (C=O) groups excluding carboxylic acids is 4. The minimum absolute atomic E-state index is 0.0113. The number of aryl methyl sites for hydroxylation is 1. The van der Waals surface area contributed by atoms with Crippen LogP contribution in [0.25, 0.3) is 0 Å². The van der Waals surface area contributed by atoms with E-state index in [1.165, 1.54) is 23.1 Å². The highest BCUT2D eigenvalue weighted by Gasteiger charge is 2.39.